The van der Waals surface area contributed by atoms with Gasteiger partial charge < -0.3 is 0 Å². The van der Waals surface area contributed by atoms with E-state index in [2.05, 4.69) is 0 Å². The molecular weight excluding hydrogens is 451 g/mol. The molecule has 0 N–H and O–H groups in total. The van der Waals surface area contributed by atoms with Crippen molar-refractivity contribution in [2.75, 3.05) is 19.8 Å². The molecule has 0 amide bonds. The van der Waals surface area contributed by atoms with Gasteiger partial charge in [-0.2, -0.15) is 0 Å². The van der Waals surface area contributed by atoms with E-state index in [-0.39, 0.29) is 46.0 Å². The average Bonchev–Trinajstić information content (AvgIpc) is 2.76. The van der Waals surface area contributed by atoms with Gasteiger partial charge in [0.05, 0.1) is 0 Å². The molecule has 0 heterocycles. The van der Waals surface area contributed by atoms with Crippen molar-refractivity contribution in [2.45, 2.75) is 25.1 Å². The number of esters is 3. The van der Waals surface area contributed by atoms with E-state index in [0.29, 0.717) is 5.56 Å². The average molecular weight is 477 g/mol. The van der Waals surface area contributed by atoms with Crippen molar-refractivity contribution < 1.29 is 28.6 Å². The summed E-state index contributed by atoms with van der Waals surface area (Å²) < 4.78 is 16.7. The maximum atomic E-state index is 12.4. The Morgan fingerprint density at radius 1 is 0.800 bits per heavy atom. The molecule has 6 nitrogen and oxygen atoms in total. The third kappa shape index (κ3) is 7.65. The summed E-state index contributed by atoms with van der Waals surface area (Å²) in [5, 5.41) is 0. The first-order chi connectivity index (χ1) is 14.5. The maximum absolute atomic E-state index is 12.4. The second kappa shape index (κ2) is 12.8. The van der Waals surface area contributed by atoms with Crippen LogP contribution >= 0.6 is 0 Å². The summed E-state index contributed by atoms with van der Waals surface area (Å²) in [5.74, 6) is -2.71. The van der Waals surface area contributed by atoms with E-state index < -0.39 is 23.8 Å². The Labute approximate surface area is 183 Å². The molecule has 0 fully saturated rings. The van der Waals surface area contributed by atoms with Crippen molar-refractivity contribution >= 4 is 37.3 Å². The van der Waals surface area contributed by atoms with E-state index in [4.69, 9.17) is 14.2 Å². The van der Waals surface area contributed by atoms with Gasteiger partial charge in [-0.25, -0.2) is 0 Å². The summed E-state index contributed by atoms with van der Waals surface area (Å²) in [6.07, 6.45) is 0.189. The molecular formula is C23H26O6Se. The predicted octanol–water partition coefficient (Wildman–Crippen LogP) is 2.79. The summed E-state index contributed by atoms with van der Waals surface area (Å²) in [6, 6.07) is 18.5. The Kier molecular flexibility index (Phi) is 10.1. The molecule has 7 heteroatoms. The number of benzene rings is 2. The monoisotopic (exact) mass is 478 g/mol. The van der Waals surface area contributed by atoms with Crippen molar-refractivity contribution in [1.29, 1.82) is 0 Å². The van der Waals surface area contributed by atoms with Crippen molar-refractivity contribution in [3.05, 3.63) is 66.2 Å². The molecule has 30 heavy (non-hydrogen) atoms. The van der Waals surface area contributed by atoms with Crippen LogP contribution < -0.4 is 4.46 Å². The van der Waals surface area contributed by atoms with Gasteiger partial charge in [0.2, 0.25) is 0 Å². The molecule has 160 valence electrons. The van der Waals surface area contributed by atoms with Crippen LogP contribution in [0.15, 0.2) is 60.7 Å². The second-order valence-corrected chi connectivity index (χ2v) is 9.19. The summed E-state index contributed by atoms with van der Waals surface area (Å²) in [5.41, 5.74) is 0.454. The molecule has 0 aliphatic rings. The fraction of sp³-hybridized carbons (Fsp3) is 0.348. The SMILES string of the molecule is CCOC(=O)C(CC(COC(=O)c1ccccc1)[Se]c1ccccc1)C(=O)OCC. The molecule has 1 unspecified atom stereocenters. The van der Waals surface area contributed by atoms with E-state index in [1.54, 1.807) is 38.1 Å². The van der Waals surface area contributed by atoms with Crippen LogP contribution in [0.4, 0.5) is 0 Å². The van der Waals surface area contributed by atoms with Gasteiger partial charge in [-0.15, -0.1) is 0 Å². The van der Waals surface area contributed by atoms with Gasteiger partial charge in [-0.1, -0.05) is 0 Å². The zero-order chi connectivity index (χ0) is 21.8. The predicted molar refractivity (Wildman–Crippen MR) is 114 cm³/mol. The van der Waals surface area contributed by atoms with E-state index in [1.165, 1.54) is 0 Å². The fourth-order valence-corrected chi connectivity index (χ4v) is 5.06. The molecule has 0 aliphatic carbocycles. The van der Waals surface area contributed by atoms with Crippen LogP contribution in [0.3, 0.4) is 0 Å². The molecule has 1 atom stereocenters. The standard InChI is InChI=1S/C23H26O6Se/c1-3-27-22(25)20(23(26)28-4-2)15-19(30-18-13-9-6-10-14-18)16-29-21(24)17-11-7-5-8-12-17/h5-14,19-20H,3-4,15-16H2,1-2H3. The fourth-order valence-electron chi connectivity index (χ4n) is 2.71. The Balaban J connectivity index is 2.14. The minimum atomic E-state index is -1.05. The van der Waals surface area contributed by atoms with Crippen LogP contribution in [-0.2, 0) is 23.8 Å². The molecule has 0 radical (unpaired) electrons. The Hall–Kier alpha value is -2.63. The van der Waals surface area contributed by atoms with Gasteiger partial charge in [-0.3, -0.25) is 0 Å². The molecule has 0 bridgehead atoms. The Morgan fingerprint density at radius 2 is 1.33 bits per heavy atom. The van der Waals surface area contributed by atoms with Gasteiger partial charge in [-0.05, 0) is 0 Å². The number of hydrogen-bond acceptors (Lipinski definition) is 6. The van der Waals surface area contributed by atoms with Gasteiger partial charge in [0, 0.05) is 0 Å². The Morgan fingerprint density at radius 3 is 1.87 bits per heavy atom. The van der Waals surface area contributed by atoms with E-state index in [0.717, 1.165) is 4.46 Å². The summed E-state index contributed by atoms with van der Waals surface area (Å²) in [7, 11) is 0. The molecule has 2 aromatic rings. The van der Waals surface area contributed by atoms with Crippen molar-refractivity contribution in [2.24, 2.45) is 5.92 Å². The van der Waals surface area contributed by atoms with Crippen LogP contribution in [0.2, 0.25) is 4.82 Å². The quantitative estimate of drug-likeness (QED) is 0.214. The van der Waals surface area contributed by atoms with Crippen LogP contribution in [0, 0.1) is 5.92 Å². The molecule has 0 aromatic heterocycles. The zero-order valence-corrected chi connectivity index (χ0v) is 18.8. The number of ether oxygens (including phenoxy) is 3. The first-order valence-electron chi connectivity index (χ1n) is 9.82. The summed E-state index contributed by atoms with van der Waals surface area (Å²) >= 11 is -0.129. The van der Waals surface area contributed by atoms with Gasteiger partial charge in [0.25, 0.3) is 0 Å². The zero-order valence-electron chi connectivity index (χ0n) is 17.1. The van der Waals surface area contributed by atoms with Crippen LogP contribution in [0.25, 0.3) is 0 Å². The molecule has 2 aromatic carbocycles. The number of hydrogen-bond donors (Lipinski definition) is 0. The van der Waals surface area contributed by atoms with Crippen molar-refractivity contribution in [3.8, 4) is 0 Å². The van der Waals surface area contributed by atoms with E-state index in [1.807, 2.05) is 36.4 Å². The van der Waals surface area contributed by atoms with Gasteiger partial charge in [0.1, 0.15) is 0 Å². The minimum absolute atomic E-state index is 0.0952. The van der Waals surface area contributed by atoms with Gasteiger partial charge in [0.15, 0.2) is 0 Å². The molecule has 0 spiro atoms. The topological polar surface area (TPSA) is 78.9 Å². The molecule has 0 saturated heterocycles. The molecule has 2 rings (SSSR count). The van der Waals surface area contributed by atoms with Crippen molar-refractivity contribution in [1.82, 2.24) is 0 Å². The van der Waals surface area contributed by atoms with Crippen LogP contribution in [0.5, 0.6) is 0 Å². The second-order valence-electron chi connectivity index (χ2n) is 6.31. The number of carbonyl (C=O) groups excluding carboxylic acids is 3. The number of rotatable bonds is 11. The number of carbonyl (C=O) groups is 3. The summed E-state index contributed by atoms with van der Waals surface area (Å²) in [4.78, 5) is 36.9. The van der Waals surface area contributed by atoms with Crippen molar-refractivity contribution in [3.63, 3.8) is 0 Å². The molecule has 0 aliphatic heterocycles. The third-order valence-electron chi connectivity index (χ3n) is 4.10. The summed E-state index contributed by atoms with van der Waals surface area (Å²) in [6.45, 7) is 3.82. The third-order valence-corrected chi connectivity index (χ3v) is 6.63. The molecule has 0 saturated carbocycles. The van der Waals surface area contributed by atoms with E-state index in [9.17, 15) is 14.4 Å². The Bertz CT molecular complexity index is 791. The van der Waals surface area contributed by atoms with E-state index >= 15 is 0 Å². The first-order valence-corrected chi connectivity index (χ1v) is 11.7. The van der Waals surface area contributed by atoms with Gasteiger partial charge >= 0.3 is 183 Å². The first kappa shape index (κ1) is 23.6. The normalized spacial score (nSPS) is 11.6. The van der Waals surface area contributed by atoms with Crippen LogP contribution in [-0.4, -0.2) is 52.7 Å². The van der Waals surface area contributed by atoms with Crippen LogP contribution in [0.1, 0.15) is 30.6 Å².